The molecule has 1 atom stereocenters. The number of pyridine rings is 1. The fourth-order valence-corrected chi connectivity index (χ4v) is 6.61. The largest absolute Gasteiger partial charge is 0.494 e. The lowest BCUT2D eigenvalue weighted by atomic mass is 9.97. The maximum Gasteiger partial charge on any atom is 0.415 e. The van der Waals surface area contributed by atoms with E-state index < -0.39 is 11.7 Å². The van der Waals surface area contributed by atoms with Gasteiger partial charge >= 0.3 is 12.1 Å². The molecule has 0 spiro atoms. The van der Waals surface area contributed by atoms with Crippen LogP contribution in [0.5, 0.6) is 11.5 Å². The topological polar surface area (TPSA) is 141 Å². The normalized spacial score (nSPS) is 19.0. The number of nitrogens with zero attached hydrogens (tertiary/aromatic N) is 6. The van der Waals surface area contributed by atoms with E-state index in [0.717, 1.165) is 45.4 Å². The number of aromatic nitrogens is 3. The van der Waals surface area contributed by atoms with Crippen LogP contribution in [0.1, 0.15) is 50.5 Å². The van der Waals surface area contributed by atoms with Crippen molar-refractivity contribution in [1.29, 1.82) is 0 Å². The third-order valence-electron chi connectivity index (χ3n) is 8.98. The molecule has 3 aromatic rings. The van der Waals surface area contributed by atoms with Crippen molar-refractivity contribution in [2.24, 2.45) is 5.92 Å². The summed E-state index contributed by atoms with van der Waals surface area (Å²) in [5.41, 5.74) is 1.03. The van der Waals surface area contributed by atoms with Gasteiger partial charge in [-0.25, -0.2) is 14.5 Å². The average molecular weight is 698 g/mol. The van der Waals surface area contributed by atoms with Gasteiger partial charge in [-0.1, -0.05) is 11.6 Å². The predicted molar refractivity (Wildman–Crippen MR) is 183 cm³/mol. The molecule has 264 valence electrons. The number of nitrogens with one attached hydrogen (secondary N) is 1. The number of anilines is 1. The van der Waals surface area contributed by atoms with Crippen molar-refractivity contribution in [2.45, 2.75) is 51.7 Å². The van der Waals surface area contributed by atoms with Crippen molar-refractivity contribution in [1.82, 2.24) is 29.9 Å². The number of rotatable bonds is 8. The standard InChI is InChI=1S/C34H44ClN7O7/c1-34(2,3)49-33(45)41-14-15-47-28-17-26(27(46-5)16-25(28)41)42-24-18-29(35)37-19-23(24)30(38-42)31(43)36-9-13-40-11-6-21(7-12-40)32(44)48-22-8-10-39(4)20-22/h16-19,21-22H,6-15,20H2,1-5H3,(H,36,43). The van der Waals surface area contributed by atoms with Crippen molar-refractivity contribution in [3.8, 4) is 17.2 Å². The number of methoxy groups -OCH3 is 1. The van der Waals surface area contributed by atoms with Crippen LogP contribution in [0, 0.1) is 5.92 Å². The Morgan fingerprint density at radius 3 is 2.53 bits per heavy atom. The molecule has 1 unspecified atom stereocenters. The molecule has 0 saturated carbocycles. The van der Waals surface area contributed by atoms with Gasteiger partial charge in [0.05, 0.1) is 36.2 Å². The molecule has 5 heterocycles. The number of esters is 1. The third kappa shape index (κ3) is 7.86. The first-order chi connectivity index (χ1) is 23.4. The number of likely N-dealkylation sites (N-methyl/N-ethyl adjacent to an activating group) is 1. The zero-order valence-corrected chi connectivity index (χ0v) is 29.4. The minimum atomic E-state index is -0.670. The highest BCUT2D eigenvalue weighted by atomic mass is 35.5. The summed E-state index contributed by atoms with van der Waals surface area (Å²) in [6, 6.07) is 5.05. The van der Waals surface area contributed by atoms with E-state index in [1.165, 1.54) is 18.2 Å². The Labute approximate surface area is 290 Å². The van der Waals surface area contributed by atoms with Crippen LogP contribution in [-0.4, -0.2) is 121 Å². The molecule has 2 aromatic heterocycles. The number of carbonyl (C=O) groups excluding carboxylic acids is 3. The number of amides is 2. The minimum Gasteiger partial charge on any atom is -0.494 e. The fourth-order valence-electron chi connectivity index (χ4n) is 6.46. The lowest BCUT2D eigenvalue weighted by Gasteiger charge is -2.32. The van der Waals surface area contributed by atoms with Gasteiger partial charge in [0.2, 0.25) is 0 Å². The van der Waals surface area contributed by atoms with Gasteiger partial charge in [0.25, 0.3) is 5.91 Å². The fraction of sp³-hybridized carbons (Fsp3) is 0.559. The molecule has 1 N–H and O–H groups in total. The van der Waals surface area contributed by atoms with E-state index in [9.17, 15) is 14.4 Å². The molecule has 14 nitrogen and oxygen atoms in total. The van der Waals surface area contributed by atoms with Crippen molar-refractivity contribution in [3.63, 3.8) is 0 Å². The van der Waals surface area contributed by atoms with E-state index in [1.54, 1.807) is 22.9 Å². The molecule has 49 heavy (non-hydrogen) atoms. The Hall–Kier alpha value is -4.14. The zero-order chi connectivity index (χ0) is 34.9. The molecule has 15 heteroatoms. The van der Waals surface area contributed by atoms with E-state index in [-0.39, 0.29) is 41.4 Å². The molecule has 6 rings (SSSR count). The molecule has 0 aliphatic carbocycles. The maximum atomic E-state index is 13.5. The number of halogens is 1. The summed E-state index contributed by atoms with van der Waals surface area (Å²) in [6.45, 7) is 10.3. The van der Waals surface area contributed by atoms with E-state index >= 15 is 0 Å². The van der Waals surface area contributed by atoms with Gasteiger partial charge in [-0.2, -0.15) is 5.10 Å². The van der Waals surface area contributed by atoms with Crippen LogP contribution in [0.15, 0.2) is 24.4 Å². The molecular weight excluding hydrogens is 654 g/mol. The van der Waals surface area contributed by atoms with E-state index in [2.05, 4.69) is 20.1 Å². The lowest BCUT2D eigenvalue weighted by Crippen LogP contribution is -2.41. The summed E-state index contributed by atoms with van der Waals surface area (Å²) in [6.07, 6.45) is 3.38. The van der Waals surface area contributed by atoms with Crippen molar-refractivity contribution >= 4 is 46.2 Å². The second kappa shape index (κ2) is 14.4. The molecule has 1 aromatic carbocycles. The van der Waals surface area contributed by atoms with Crippen LogP contribution >= 0.6 is 11.6 Å². The van der Waals surface area contributed by atoms with Crippen LogP contribution in [0.25, 0.3) is 16.6 Å². The van der Waals surface area contributed by atoms with Gasteiger partial charge in [-0.15, -0.1) is 0 Å². The van der Waals surface area contributed by atoms with Crippen molar-refractivity contribution in [2.75, 3.05) is 71.5 Å². The Morgan fingerprint density at radius 2 is 1.84 bits per heavy atom. The summed E-state index contributed by atoms with van der Waals surface area (Å²) < 4.78 is 24.6. The van der Waals surface area contributed by atoms with Gasteiger partial charge in [0.15, 0.2) is 5.69 Å². The molecule has 3 aliphatic rings. The summed E-state index contributed by atoms with van der Waals surface area (Å²) in [5.74, 6) is 0.290. The SMILES string of the molecule is COc1cc2c(cc1-n1nc(C(=O)NCCN3CCC(C(=O)OC4CCN(C)C4)CC3)c3cnc(Cl)cc31)OCCN2C(=O)OC(C)(C)C. The number of hydrogen-bond donors (Lipinski definition) is 1. The number of carbonyl (C=O) groups is 3. The van der Waals surface area contributed by atoms with Crippen LogP contribution in [0.2, 0.25) is 5.15 Å². The molecule has 2 fully saturated rings. The predicted octanol–water partition coefficient (Wildman–Crippen LogP) is 3.91. The number of benzene rings is 1. The number of ether oxygens (including phenoxy) is 4. The highest BCUT2D eigenvalue weighted by Gasteiger charge is 2.32. The first-order valence-electron chi connectivity index (χ1n) is 16.7. The Kier molecular flexibility index (Phi) is 10.2. The Bertz CT molecular complexity index is 1720. The van der Waals surface area contributed by atoms with Crippen molar-refractivity contribution < 1.29 is 33.3 Å². The maximum absolute atomic E-state index is 13.5. The summed E-state index contributed by atoms with van der Waals surface area (Å²) in [5, 5.41) is 8.43. The van der Waals surface area contributed by atoms with Gasteiger partial charge in [0, 0.05) is 50.6 Å². The van der Waals surface area contributed by atoms with E-state index in [1.807, 2.05) is 27.8 Å². The monoisotopic (exact) mass is 697 g/mol. The van der Waals surface area contributed by atoms with E-state index in [0.29, 0.717) is 53.4 Å². The zero-order valence-electron chi connectivity index (χ0n) is 28.7. The van der Waals surface area contributed by atoms with Crippen LogP contribution in [0.3, 0.4) is 0 Å². The first kappa shape index (κ1) is 34.7. The molecule has 0 bridgehead atoms. The lowest BCUT2D eigenvalue weighted by molar-refractivity contribution is -0.155. The second-order valence-electron chi connectivity index (χ2n) is 13.7. The smallest absolute Gasteiger partial charge is 0.415 e. The summed E-state index contributed by atoms with van der Waals surface area (Å²) in [4.78, 5) is 49.4. The average Bonchev–Trinajstić information content (AvgIpc) is 3.65. The molecular formula is C34H44ClN7O7. The molecule has 3 aliphatic heterocycles. The molecule has 2 amide bonds. The quantitative estimate of drug-likeness (QED) is 0.271. The Balaban J connectivity index is 1.14. The molecule has 2 saturated heterocycles. The third-order valence-corrected chi connectivity index (χ3v) is 9.19. The number of fused-ring (bicyclic) bond motifs is 2. The molecule has 0 radical (unpaired) electrons. The van der Waals surface area contributed by atoms with Gasteiger partial charge in [-0.3, -0.25) is 14.5 Å². The number of hydrogen-bond acceptors (Lipinski definition) is 11. The number of piperidine rings is 1. The van der Waals surface area contributed by atoms with Crippen LogP contribution in [0.4, 0.5) is 10.5 Å². The van der Waals surface area contributed by atoms with Gasteiger partial charge in [0.1, 0.15) is 40.7 Å². The first-order valence-corrected chi connectivity index (χ1v) is 17.1. The highest BCUT2D eigenvalue weighted by molar-refractivity contribution is 6.30. The second-order valence-corrected chi connectivity index (χ2v) is 14.1. The highest BCUT2D eigenvalue weighted by Crippen LogP contribution is 2.41. The summed E-state index contributed by atoms with van der Waals surface area (Å²) in [7, 11) is 3.55. The number of likely N-dealkylation sites (tertiary alicyclic amines) is 2. The minimum absolute atomic E-state index is 0.00675. The summed E-state index contributed by atoms with van der Waals surface area (Å²) >= 11 is 6.31. The van der Waals surface area contributed by atoms with Crippen LogP contribution < -0.4 is 19.7 Å². The Morgan fingerprint density at radius 1 is 1.06 bits per heavy atom. The van der Waals surface area contributed by atoms with E-state index in [4.69, 9.17) is 35.6 Å². The van der Waals surface area contributed by atoms with Crippen LogP contribution in [-0.2, 0) is 14.3 Å². The van der Waals surface area contributed by atoms with Gasteiger partial charge in [-0.05, 0) is 60.2 Å². The van der Waals surface area contributed by atoms with Crippen molar-refractivity contribution in [3.05, 3.63) is 35.2 Å². The van der Waals surface area contributed by atoms with Gasteiger partial charge < -0.3 is 34.1 Å².